The number of nitrogens with two attached hydrogens (primary N) is 1. The van der Waals surface area contributed by atoms with Crippen LogP contribution in [0.25, 0.3) is 0 Å². The normalized spacial score (nSPS) is 18.2. The molecule has 1 heterocycles. The highest BCUT2D eigenvalue weighted by Crippen LogP contribution is 2.19. The fourth-order valence-corrected chi connectivity index (χ4v) is 1.96. The SMILES string of the molecule is Nc1ccc([N+](=O)[O-])cc1C(=O)NCC1CCCO1. The first-order valence-electron chi connectivity index (χ1n) is 6.01. The van der Waals surface area contributed by atoms with Crippen molar-refractivity contribution in [3.63, 3.8) is 0 Å². The molecule has 102 valence electrons. The van der Waals surface area contributed by atoms with Gasteiger partial charge in [-0.15, -0.1) is 0 Å². The van der Waals surface area contributed by atoms with Crippen molar-refractivity contribution in [2.24, 2.45) is 0 Å². The lowest BCUT2D eigenvalue weighted by molar-refractivity contribution is -0.384. The van der Waals surface area contributed by atoms with Gasteiger partial charge < -0.3 is 15.8 Å². The maximum Gasteiger partial charge on any atom is 0.270 e. The number of nitrogen functional groups attached to an aromatic ring is 1. The summed E-state index contributed by atoms with van der Waals surface area (Å²) in [6, 6.07) is 3.81. The number of rotatable bonds is 4. The smallest absolute Gasteiger partial charge is 0.270 e. The van der Waals surface area contributed by atoms with Crippen molar-refractivity contribution in [2.45, 2.75) is 18.9 Å². The van der Waals surface area contributed by atoms with E-state index in [1.165, 1.54) is 18.2 Å². The van der Waals surface area contributed by atoms with E-state index in [4.69, 9.17) is 10.5 Å². The van der Waals surface area contributed by atoms with Crippen LogP contribution in [0.4, 0.5) is 11.4 Å². The number of hydrogen-bond donors (Lipinski definition) is 2. The van der Waals surface area contributed by atoms with Crippen molar-refractivity contribution in [1.29, 1.82) is 0 Å². The maximum atomic E-state index is 11.9. The summed E-state index contributed by atoms with van der Waals surface area (Å²) >= 11 is 0. The van der Waals surface area contributed by atoms with E-state index in [1.54, 1.807) is 0 Å². The molecule has 0 saturated carbocycles. The Morgan fingerprint density at radius 1 is 1.58 bits per heavy atom. The molecule has 3 N–H and O–H groups in total. The minimum absolute atomic E-state index is 0.0175. The van der Waals surface area contributed by atoms with E-state index < -0.39 is 10.8 Å². The van der Waals surface area contributed by atoms with Gasteiger partial charge in [0, 0.05) is 31.0 Å². The van der Waals surface area contributed by atoms with Crippen molar-refractivity contribution in [3.8, 4) is 0 Å². The first-order chi connectivity index (χ1) is 9.08. The second kappa shape index (κ2) is 5.66. The molecule has 1 unspecified atom stereocenters. The molecule has 1 amide bonds. The number of non-ortho nitro benzene ring substituents is 1. The number of benzene rings is 1. The third-order valence-electron chi connectivity index (χ3n) is 3.01. The highest BCUT2D eigenvalue weighted by molar-refractivity contribution is 5.99. The fraction of sp³-hybridized carbons (Fsp3) is 0.417. The molecular weight excluding hydrogens is 250 g/mol. The summed E-state index contributed by atoms with van der Waals surface area (Å²) in [7, 11) is 0. The standard InChI is InChI=1S/C12H15N3O4/c13-11-4-3-8(15(17)18)6-10(11)12(16)14-7-9-2-1-5-19-9/h3-4,6,9H,1-2,5,7,13H2,(H,14,16). The van der Waals surface area contributed by atoms with Crippen LogP contribution < -0.4 is 11.1 Å². The lowest BCUT2D eigenvalue weighted by Gasteiger charge is -2.11. The highest BCUT2D eigenvalue weighted by Gasteiger charge is 2.19. The summed E-state index contributed by atoms with van der Waals surface area (Å²) < 4.78 is 5.38. The Balaban J connectivity index is 2.04. The number of amides is 1. The van der Waals surface area contributed by atoms with Gasteiger partial charge in [0.1, 0.15) is 0 Å². The molecule has 1 saturated heterocycles. The van der Waals surface area contributed by atoms with Crippen LogP contribution in [0.3, 0.4) is 0 Å². The third-order valence-corrected chi connectivity index (χ3v) is 3.01. The van der Waals surface area contributed by atoms with Gasteiger partial charge in [0.2, 0.25) is 0 Å². The van der Waals surface area contributed by atoms with Gasteiger partial charge >= 0.3 is 0 Å². The zero-order chi connectivity index (χ0) is 13.8. The van der Waals surface area contributed by atoms with Crippen LogP contribution in [0.5, 0.6) is 0 Å². The molecule has 1 aromatic carbocycles. The summed E-state index contributed by atoms with van der Waals surface area (Å²) in [5, 5.41) is 13.3. The van der Waals surface area contributed by atoms with Crippen LogP contribution in [0.15, 0.2) is 18.2 Å². The molecular formula is C12H15N3O4. The van der Waals surface area contributed by atoms with Crippen LogP contribution >= 0.6 is 0 Å². The average Bonchev–Trinajstić information content (AvgIpc) is 2.89. The molecule has 0 aliphatic carbocycles. The number of nitro benzene ring substituents is 1. The van der Waals surface area contributed by atoms with Gasteiger partial charge in [0.15, 0.2) is 0 Å². The molecule has 1 aromatic rings. The number of ether oxygens (including phenoxy) is 1. The third kappa shape index (κ3) is 3.19. The van der Waals surface area contributed by atoms with E-state index in [0.29, 0.717) is 13.2 Å². The van der Waals surface area contributed by atoms with Crippen molar-refractivity contribution in [3.05, 3.63) is 33.9 Å². The Bertz CT molecular complexity index is 498. The number of nitro groups is 1. The largest absolute Gasteiger partial charge is 0.398 e. The van der Waals surface area contributed by atoms with E-state index in [1.807, 2.05) is 0 Å². The molecule has 2 rings (SSSR count). The lowest BCUT2D eigenvalue weighted by atomic mass is 10.1. The molecule has 0 spiro atoms. The number of carbonyl (C=O) groups excluding carboxylic acids is 1. The minimum Gasteiger partial charge on any atom is -0.398 e. The summed E-state index contributed by atoms with van der Waals surface area (Å²) in [4.78, 5) is 22.0. The molecule has 0 radical (unpaired) electrons. The predicted octanol–water partition coefficient (Wildman–Crippen LogP) is 1.09. The molecule has 7 heteroatoms. The average molecular weight is 265 g/mol. The monoisotopic (exact) mass is 265 g/mol. The van der Waals surface area contributed by atoms with Gasteiger partial charge in [-0.3, -0.25) is 14.9 Å². The molecule has 1 fully saturated rings. The number of hydrogen-bond acceptors (Lipinski definition) is 5. The second-order valence-corrected chi connectivity index (χ2v) is 4.37. The first kappa shape index (κ1) is 13.3. The van der Waals surface area contributed by atoms with E-state index >= 15 is 0 Å². The van der Waals surface area contributed by atoms with Gasteiger partial charge in [0.25, 0.3) is 11.6 Å². The minimum atomic E-state index is -0.559. The van der Waals surface area contributed by atoms with E-state index in [-0.39, 0.29) is 23.0 Å². The Labute approximate surface area is 109 Å². The van der Waals surface area contributed by atoms with Crippen LogP contribution in [-0.4, -0.2) is 30.1 Å². The Morgan fingerprint density at radius 3 is 3.00 bits per heavy atom. The summed E-state index contributed by atoms with van der Waals surface area (Å²) in [5.74, 6) is -0.420. The van der Waals surface area contributed by atoms with Gasteiger partial charge in [-0.05, 0) is 18.9 Å². The van der Waals surface area contributed by atoms with Gasteiger partial charge in [-0.2, -0.15) is 0 Å². The predicted molar refractivity (Wildman–Crippen MR) is 68.8 cm³/mol. The highest BCUT2D eigenvalue weighted by atomic mass is 16.6. The number of nitrogens with zero attached hydrogens (tertiary/aromatic N) is 1. The van der Waals surface area contributed by atoms with Gasteiger partial charge in [-0.1, -0.05) is 0 Å². The quantitative estimate of drug-likeness (QED) is 0.481. The summed E-state index contributed by atoms with van der Waals surface area (Å²) in [6.07, 6.45) is 1.91. The van der Waals surface area contributed by atoms with Gasteiger partial charge in [-0.25, -0.2) is 0 Å². The zero-order valence-corrected chi connectivity index (χ0v) is 10.3. The van der Waals surface area contributed by atoms with Gasteiger partial charge in [0.05, 0.1) is 16.6 Å². The second-order valence-electron chi connectivity index (χ2n) is 4.37. The number of nitrogens with one attached hydrogen (secondary N) is 1. The van der Waals surface area contributed by atoms with Crippen LogP contribution in [0.1, 0.15) is 23.2 Å². The Hall–Kier alpha value is -2.15. The van der Waals surface area contributed by atoms with Crippen LogP contribution in [0, 0.1) is 10.1 Å². The molecule has 1 aliphatic heterocycles. The zero-order valence-electron chi connectivity index (χ0n) is 10.3. The van der Waals surface area contributed by atoms with Crippen LogP contribution in [-0.2, 0) is 4.74 Å². The molecule has 1 atom stereocenters. The number of anilines is 1. The summed E-state index contributed by atoms with van der Waals surface area (Å²) in [5.41, 5.74) is 5.84. The first-order valence-corrected chi connectivity index (χ1v) is 6.01. The van der Waals surface area contributed by atoms with Crippen molar-refractivity contribution >= 4 is 17.3 Å². The molecule has 7 nitrogen and oxygen atoms in total. The molecule has 0 aromatic heterocycles. The van der Waals surface area contributed by atoms with Crippen molar-refractivity contribution in [1.82, 2.24) is 5.32 Å². The Morgan fingerprint density at radius 2 is 2.37 bits per heavy atom. The Kier molecular flexibility index (Phi) is 3.96. The van der Waals surface area contributed by atoms with E-state index in [0.717, 1.165) is 12.8 Å². The molecule has 19 heavy (non-hydrogen) atoms. The molecule has 1 aliphatic rings. The molecule has 0 bridgehead atoms. The van der Waals surface area contributed by atoms with Crippen LogP contribution in [0.2, 0.25) is 0 Å². The fourth-order valence-electron chi connectivity index (χ4n) is 1.96. The number of carbonyl (C=O) groups is 1. The van der Waals surface area contributed by atoms with E-state index in [2.05, 4.69) is 5.32 Å². The van der Waals surface area contributed by atoms with E-state index in [9.17, 15) is 14.9 Å². The van der Waals surface area contributed by atoms with Crippen molar-refractivity contribution in [2.75, 3.05) is 18.9 Å². The topological polar surface area (TPSA) is 107 Å². The summed E-state index contributed by atoms with van der Waals surface area (Å²) in [6.45, 7) is 1.10. The van der Waals surface area contributed by atoms with Crippen molar-refractivity contribution < 1.29 is 14.5 Å². The lowest BCUT2D eigenvalue weighted by Crippen LogP contribution is -2.32. The maximum absolute atomic E-state index is 11.9.